The molecule has 2 heterocycles. The molecule has 1 aliphatic rings. The van der Waals surface area contributed by atoms with E-state index >= 15 is 0 Å². The highest BCUT2D eigenvalue weighted by molar-refractivity contribution is 6.00. The smallest absolute Gasteiger partial charge is 0.106 e. The third kappa shape index (κ3) is 4.90. The van der Waals surface area contributed by atoms with E-state index < -0.39 is 0 Å². The number of aryl methyl sites for hydroxylation is 3. The van der Waals surface area contributed by atoms with Gasteiger partial charge >= 0.3 is 0 Å². The molecule has 0 fully saturated rings. The quantitative estimate of drug-likeness (QED) is 0.553. The van der Waals surface area contributed by atoms with Crippen molar-refractivity contribution in [2.75, 3.05) is 14.2 Å². The van der Waals surface area contributed by atoms with Gasteiger partial charge in [-0.25, -0.2) is 0 Å². The molecule has 0 saturated heterocycles. The Labute approximate surface area is 160 Å². The Morgan fingerprint density at radius 2 is 1.81 bits per heavy atom. The lowest BCUT2D eigenvalue weighted by Crippen LogP contribution is -2.15. The maximum absolute atomic E-state index is 4.99. The topological polar surface area (TPSA) is 69.0 Å². The summed E-state index contributed by atoms with van der Waals surface area (Å²) in [5, 5.41) is 8.11. The van der Waals surface area contributed by atoms with Crippen molar-refractivity contribution >= 4 is 11.4 Å². The lowest BCUT2D eigenvalue weighted by molar-refractivity contribution is 0.212. The van der Waals surface area contributed by atoms with Gasteiger partial charge in [-0.2, -0.15) is 0 Å². The van der Waals surface area contributed by atoms with Crippen LogP contribution in [0.25, 0.3) is 0 Å². The van der Waals surface area contributed by atoms with Gasteiger partial charge in [-0.05, 0) is 69.2 Å². The van der Waals surface area contributed by atoms with Gasteiger partial charge < -0.3 is 9.68 Å². The third-order valence-electron chi connectivity index (χ3n) is 4.64. The number of fused-ring (bicyclic) bond motifs is 1. The predicted octanol–water partition coefficient (Wildman–Crippen LogP) is 3.71. The van der Waals surface area contributed by atoms with E-state index in [9.17, 15) is 0 Å². The molecule has 0 bridgehead atoms. The molecule has 0 spiro atoms. The van der Waals surface area contributed by atoms with Crippen molar-refractivity contribution in [2.24, 2.45) is 10.3 Å². The van der Waals surface area contributed by atoms with E-state index in [0.717, 1.165) is 72.7 Å². The molecule has 0 radical (unpaired) electrons. The van der Waals surface area contributed by atoms with Gasteiger partial charge in [-0.15, -0.1) is 0 Å². The maximum atomic E-state index is 4.99. The highest BCUT2D eigenvalue weighted by atomic mass is 16.6. The van der Waals surface area contributed by atoms with Crippen LogP contribution in [0.3, 0.4) is 0 Å². The monoisotopic (exact) mass is 366 g/mol. The normalized spacial score (nSPS) is 15.5. The fourth-order valence-corrected chi connectivity index (χ4v) is 3.34. The SMILES string of the molecule is CON=C(C)c1cccc(CCCc2ccc3c(n2)C(=NOC)CCC3)n1. The number of hydrogen-bond acceptors (Lipinski definition) is 6. The summed E-state index contributed by atoms with van der Waals surface area (Å²) in [7, 11) is 3.13. The first-order chi connectivity index (χ1) is 13.2. The van der Waals surface area contributed by atoms with Crippen molar-refractivity contribution in [3.05, 3.63) is 58.7 Å². The highest BCUT2D eigenvalue weighted by Gasteiger charge is 2.18. The number of pyridine rings is 2. The van der Waals surface area contributed by atoms with Gasteiger partial charge in [0.25, 0.3) is 0 Å². The van der Waals surface area contributed by atoms with Crippen molar-refractivity contribution in [2.45, 2.75) is 45.4 Å². The van der Waals surface area contributed by atoms with Crippen LogP contribution in [0.1, 0.15) is 54.5 Å². The highest BCUT2D eigenvalue weighted by Crippen LogP contribution is 2.21. The van der Waals surface area contributed by atoms with E-state index in [0.29, 0.717) is 0 Å². The zero-order valence-electron chi connectivity index (χ0n) is 16.2. The second-order valence-corrected chi connectivity index (χ2v) is 6.61. The maximum Gasteiger partial charge on any atom is 0.106 e. The van der Waals surface area contributed by atoms with Crippen LogP contribution in [0.15, 0.2) is 40.6 Å². The Balaban J connectivity index is 1.65. The first-order valence-corrected chi connectivity index (χ1v) is 9.34. The molecule has 0 aromatic carbocycles. The molecule has 142 valence electrons. The molecule has 1 aliphatic carbocycles. The molecule has 27 heavy (non-hydrogen) atoms. The summed E-state index contributed by atoms with van der Waals surface area (Å²) < 4.78 is 0. The third-order valence-corrected chi connectivity index (χ3v) is 4.64. The Kier molecular flexibility index (Phi) is 6.52. The lowest BCUT2D eigenvalue weighted by Gasteiger charge is -2.17. The van der Waals surface area contributed by atoms with Crippen LogP contribution in [-0.4, -0.2) is 35.6 Å². The van der Waals surface area contributed by atoms with Crippen LogP contribution in [0, 0.1) is 0 Å². The minimum absolute atomic E-state index is 0.778. The number of hydrogen-bond donors (Lipinski definition) is 0. The second kappa shape index (κ2) is 9.26. The Morgan fingerprint density at radius 3 is 2.59 bits per heavy atom. The first-order valence-electron chi connectivity index (χ1n) is 9.34. The van der Waals surface area contributed by atoms with E-state index in [1.54, 1.807) is 14.2 Å². The number of aromatic nitrogens is 2. The predicted molar refractivity (Wildman–Crippen MR) is 106 cm³/mol. The summed E-state index contributed by atoms with van der Waals surface area (Å²) in [4.78, 5) is 19.3. The van der Waals surface area contributed by atoms with Crippen molar-refractivity contribution in [3.8, 4) is 0 Å². The summed E-state index contributed by atoms with van der Waals surface area (Å²) >= 11 is 0. The van der Waals surface area contributed by atoms with Gasteiger partial charge in [0.15, 0.2) is 0 Å². The average Bonchev–Trinajstić information content (AvgIpc) is 2.69. The van der Waals surface area contributed by atoms with Gasteiger partial charge in [0.2, 0.25) is 0 Å². The number of rotatable bonds is 7. The second-order valence-electron chi connectivity index (χ2n) is 6.61. The molecule has 0 aliphatic heterocycles. The minimum atomic E-state index is 0.778. The number of oxime groups is 2. The van der Waals surface area contributed by atoms with Crippen LogP contribution in [0.4, 0.5) is 0 Å². The number of nitrogens with zero attached hydrogens (tertiary/aromatic N) is 4. The van der Waals surface area contributed by atoms with Crippen molar-refractivity contribution in [1.82, 2.24) is 9.97 Å². The van der Waals surface area contributed by atoms with Crippen molar-refractivity contribution in [3.63, 3.8) is 0 Å². The minimum Gasteiger partial charge on any atom is -0.399 e. The zero-order valence-corrected chi connectivity index (χ0v) is 16.2. The summed E-state index contributed by atoms with van der Waals surface area (Å²) in [6, 6.07) is 10.3. The summed E-state index contributed by atoms with van der Waals surface area (Å²) in [6.07, 6.45) is 5.88. The molecule has 0 saturated carbocycles. The average molecular weight is 366 g/mol. The van der Waals surface area contributed by atoms with E-state index in [1.807, 2.05) is 25.1 Å². The standard InChI is InChI=1S/C21H26N4O2/c1-15(24-26-2)19-11-6-10-17(22-19)8-5-9-18-14-13-16-7-4-12-20(25-27-3)21(16)23-18/h6,10-11,13-14H,4-5,7-9,12H2,1-3H3. The molecule has 6 heteroatoms. The summed E-state index contributed by atoms with van der Waals surface area (Å²) in [5.74, 6) is 0. The molecular weight excluding hydrogens is 340 g/mol. The van der Waals surface area contributed by atoms with Crippen LogP contribution in [0.2, 0.25) is 0 Å². The van der Waals surface area contributed by atoms with E-state index in [2.05, 4.69) is 27.4 Å². The summed E-state index contributed by atoms with van der Waals surface area (Å²) in [6.45, 7) is 1.89. The van der Waals surface area contributed by atoms with Gasteiger partial charge in [0.1, 0.15) is 25.6 Å². The van der Waals surface area contributed by atoms with Crippen LogP contribution in [0.5, 0.6) is 0 Å². The van der Waals surface area contributed by atoms with Gasteiger partial charge in [0, 0.05) is 11.4 Å². The molecule has 3 rings (SSSR count). The van der Waals surface area contributed by atoms with Crippen LogP contribution >= 0.6 is 0 Å². The molecule has 6 nitrogen and oxygen atoms in total. The molecule has 0 N–H and O–H groups in total. The van der Waals surface area contributed by atoms with E-state index in [4.69, 9.17) is 14.7 Å². The molecule has 0 atom stereocenters. The van der Waals surface area contributed by atoms with Crippen molar-refractivity contribution < 1.29 is 9.68 Å². The van der Waals surface area contributed by atoms with Crippen molar-refractivity contribution in [1.29, 1.82) is 0 Å². The fraction of sp³-hybridized carbons (Fsp3) is 0.429. The van der Waals surface area contributed by atoms with Gasteiger partial charge in [-0.3, -0.25) is 9.97 Å². The largest absolute Gasteiger partial charge is 0.399 e. The Hall–Kier alpha value is -2.76. The molecule has 2 aromatic rings. The van der Waals surface area contributed by atoms with Crippen LogP contribution < -0.4 is 0 Å². The fourth-order valence-electron chi connectivity index (χ4n) is 3.34. The first kappa shape index (κ1) is 19.0. The Morgan fingerprint density at radius 1 is 1.00 bits per heavy atom. The molecule has 0 amide bonds. The molecule has 0 unspecified atom stereocenters. The molecule has 2 aromatic heterocycles. The van der Waals surface area contributed by atoms with Gasteiger partial charge in [-0.1, -0.05) is 22.4 Å². The molecular formula is C21H26N4O2. The van der Waals surface area contributed by atoms with Gasteiger partial charge in [0.05, 0.1) is 11.4 Å². The van der Waals surface area contributed by atoms with E-state index in [1.165, 1.54) is 5.56 Å². The lowest BCUT2D eigenvalue weighted by atomic mass is 9.94. The summed E-state index contributed by atoms with van der Waals surface area (Å²) in [5.41, 5.74) is 7.01. The Bertz CT molecular complexity index is 846. The zero-order chi connectivity index (χ0) is 19.1. The van der Waals surface area contributed by atoms with E-state index in [-0.39, 0.29) is 0 Å². The van der Waals surface area contributed by atoms with Crippen LogP contribution in [-0.2, 0) is 28.9 Å².